The molecule has 5 fully saturated rings. The van der Waals surface area contributed by atoms with Gasteiger partial charge in [-0.15, -0.1) is 65.7 Å². The molecule has 0 aliphatic carbocycles. The van der Waals surface area contributed by atoms with Crippen molar-refractivity contribution in [3.05, 3.63) is 131 Å². The minimum Gasteiger partial charge on any atom is -0.389 e. The highest BCUT2D eigenvalue weighted by molar-refractivity contribution is 7.86. The van der Waals surface area contributed by atoms with E-state index in [0.717, 1.165) is 135 Å². The maximum atomic E-state index is 11.1. The number of fused-ring (bicyclic) bond motifs is 8. The van der Waals surface area contributed by atoms with Gasteiger partial charge in [0.15, 0.2) is 0 Å². The van der Waals surface area contributed by atoms with Crippen LogP contribution in [0.15, 0.2) is 49.1 Å². The molecule has 5 saturated heterocycles. The van der Waals surface area contributed by atoms with Crippen LogP contribution in [0.5, 0.6) is 0 Å². The molecule has 17 heterocycles. The van der Waals surface area contributed by atoms with Crippen molar-refractivity contribution < 1.29 is 76.0 Å². The van der Waals surface area contributed by atoms with E-state index in [1.165, 1.54) is 51.8 Å². The van der Waals surface area contributed by atoms with Gasteiger partial charge in [0, 0.05) is 112 Å². The summed E-state index contributed by atoms with van der Waals surface area (Å²) in [5, 5.41) is 99.9. The van der Waals surface area contributed by atoms with Gasteiger partial charge in [0.1, 0.15) is 46.8 Å². The van der Waals surface area contributed by atoms with E-state index in [1.54, 1.807) is 34.5 Å². The molecule has 2 unspecified atom stereocenters. The fourth-order valence-electron chi connectivity index (χ4n) is 17.5. The first-order chi connectivity index (χ1) is 55.1. The summed E-state index contributed by atoms with van der Waals surface area (Å²) in [5.41, 5.74) is 4.94. The van der Waals surface area contributed by atoms with Crippen LogP contribution >= 0.6 is 91.8 Å². The Bertz CT molecular complexity index is 4660. The third kappa shape index (κ3) is 20.6. The number of ether oxygens (including phenoxy) is 8. The number of piperidine rings is 4. The Kier molecular flexibility index (Phi) is 28.5. The second-order valence-electron chi connectivity index (χ2n) is 31.5. The van der Waals surface area contributed by atoms with Crippen LogP contribution in [0.25, 0.3) is 0 Å². The summed E-state index contributed by atoms with van der Waals surface area (Å²) in [6, 6.07) is 8.12. The Hall–Kier alpha value is -4.25. The van der Waals surface area contributed by atoms with E-state index in [-0.39, 0.29) is 94.0 Å². The van der Waals surface area contributed by atoms with Gasteiger partial charge in [-0.2, -0.15) is 8.42 Å². The predicted molar refractivity (Wildman–Crippen MR) is 431 cm³/mol. The highest BCUT2D eigenvalue weighted by atomic mass is 35.5. The Labute approximate surface area is 703 Å². The first kappa shape index (κ1) is 87.1. The minimum absolute atomic E-state index is 0.00186. The Balaban J connectivity index is 0.000000127. The van der Waals surface area contributed by atoms with Crippen LogP contribution in [-0.4, -0.2) is 217 Å². The fourth-order valence-corrected chi connectivity index (χ4v) is 23.7. The number of nitrogens with zero attached hydrogens (tertiary/aromatic N) is 12. The molecule has 17 rings (SSSR count). The van der Waals surface area contributed by atoms with Crippen LogP contribution in [-0.2, 0) is 101 Å². The highest BCUT2D eigenvalue weighted by Crippen LogP contribution is 2.57. The number of hydrogen-bond donors (Lipinski definition) is 9. The van der Waals surface area contributed by atoms with Crippen LogP contribution in [0.2, 0.25) is 17.3 Å². The van der Waals surface area contributed by atoms with Crippen molar-refractivity contribution in [3.63, 3.8) is 0 Å². The first-order valence-corrected chi connectivity index (χ1v) is 45.5. The molecule has 0 aromatic carbocycles. The summed E-state index contributed by atoms with van der Waals surface area (Å²) < 4.78 is 82.8. The molecule has 4 spiro atoms. The molecule has 8 aromatic rings. The molecule has 8 aromatic heterocycles. The van der Waals surface area contributed by atoms with Crippen LogP contribution in [0.4, 0.5) is 0 Å². The lowest BCUT2D eigenvalue weighted by atomic mass is 9.79. The predicted octanol–water partition coefficient (Wildman–Crippen LogP) is 9.28. The highest BCUT2D eigenvalue weighted by Gasteiger charge is 2.53. The number of hydrogen-bond acceptors (Lipinski definition) is 32. The van der Waals surface area contributed by atoms with Crippen LogP contribution in [0.3, 0.4) is 0 Å². The lowest BCUT2D eigenvalue weighted by molar-refractivity contribution is -0.129. The third-order valence-corrected chi connectivity index (χ3v) is 28.8. The molecule has 9 aliphatic rings. The van der Waals surface area contributed by atoms with E-state index in [9.17, 15) is 34.0 Å². The zero-order valence-electron chi connectivity index (χ0n) is 65.0. The summed E-state index contributed by atoms with van der Waals surface area (Å²) in [6.45, 7) is 14.3. The lowest BCUT2D eigenvalue weighted by Crippen LogP contribution is -2.50. The number of rotatable bonds is 20. The van der Waals surface area contributed by atoms with Crippen molar-refractivity contribution in [2.45, 2.75) is 232 Å². The smallest absolute Gasteiger partial charge is 0.264 e. The Morgan fingerprint density at radius 3 is 1.22 bits per heavy atom. The number of aliphatic hydroxyl groups excluding tert-OH is 5. The maximum Gasteiger partial charge on any atom is 0.264 e. The van der Waals surface area contributed by atoms with Gasteiger partial charge in [0.25, 0.3) is 10.1 Å². The molecule has 0 radical (unpaired) electrons. The third-order valence-electron chi connectivity index (χ3n) is 22.3. The first-order valence-electron chi connectivity index (χ1n) is 38.9. The molecule has 32 nitrogen and oxygen atoms in total. The molecule has 0 amide bonds. The molecule has 41 heteroatoms. The summed E-state index contributed by atoms with van der Waals surface area (Å²) >= 11 is 31.1. The summed E-state index contributed by atoms with van der Waals surface area (Å²) in [4.78, 5) is 4.09. The molecule has 115 heavy (non-hydrogen) atoms. The summed E-state index contributed by atoms with van der Waals surface area (Å²) in [7, 11) is -0.280. The molecule has 9 N–H and O–H groups in total. The normalized spacial score (nSPS) is 31.3. The molecule has 0 saturated carbocycles. The molecular formula is C74H102Cl4N16O16S5. The zero-order chi connectivity index (χ0) is 81.1. The molecular weight excluding hydrogens is 1670 g/mol. The van der Waals surface area contributed by atoms with Gasteiger partial charge in [-0.3, -0.25) is 4.18 Å². The second-order valence-corrected chi connectivity index (χ2v) is 39.9. The topological polar surface area (TPSA) is 389 Å². The Morgan fingerprint density at radius 2 is 0.861 bits per heavy atom. The van der Waals surface area contributed by atoms with Gasteiger partial charge in [0.2, 0.25) is 0 Å². The van der Waals surface area contributed by atoms with Gasteiger partial charge in [-0.1, -0.05) is 67.3 Å². The lowest BCUT2D eigenvalue weighted by Gasteiger charge is -2.46. The van der Waals surface area contributed by atoms with Crippen LogP contribution < -0.4 is 21.3 Å². The van der Waals surface area contributed by atoms with Gasteiger partial charge >= 0.3 is 0 Å². The number of thiophene rings is 4. The van der Waals surface area contributed by atoms with E-state index >= 15 is 0 Å². The maximum absolute atomic E-state index is 11.1. The van der Waals surface area contributed by atoms with E-state index < -0.39 is 63.0 Å². The van der Waals surface area contributed by atoms with Crippen LogP contribution in [0, 0.1) is 0 Å². The quantitative estimate of drug-likeness (QED) is 0.0253. The van der Waals surface area contributed by atoms with Crippen molar-refractivity contribution in [2.75, 3.05) is 86.5 Å². The van der Waals surface area contributed by atoms with E-state index in [0.29, 0.717) is 69.7 Å². The second kappa shape index (κ2) is 37.6. The minimum atomic E-state index is -3.49. The van der Waals surface area contributed by atoms with E-state index in [1.807, 2.05) is 47.5 Å². The molecule has 18 atom stereocenters. The van der Waals surface area contributed by atoms with Crippen LogP contribution in [0.1, 0.15) is 211 Å². The number of aliphatic hydroxyl groups is 5. The van der Waals surface area contributed by atoms with Crippen molar-refractivity contribution in [2.24, 2.45) is 0 Å². The van der Waals surface area contributed by atoms with Gasteiger partial charge in [-0.25, -0.2) is 18.7 Å². The fraction of sp³-hybridized carbons (Fsp3) is 0.676. The molecule has 9 aliphatic heterocycles. The standard InChI is InChI=1S/C20H27ClN4O3S.C19H27ClN4O4S.C18H25ClN4O4S.C17H23ClN4O5S2/c1-12-7-20(19-14(6-18(21)29-19)17(26)11-28-20)8-15(22-12)16-10-25(24-23-16)9-13-4-2-3-5-27-13;1-12-8-19(18-13(7-17(20)29-18)16(25)11-28-19)9-14(21-12)15-10-24(23-22-15)3-4-27-6-5-26-2;1-10-4-18(17-12(3-16(19)28-17)15(25)9-27-18)5-13(20-10)14-7-23(22-21-14)6-11(24)8-26-2;1-10-6-17(16-11(5-15(18)28-16)14(23)9-26-17)7-12(19-10)13-8-22(21-20-13)3-4-27-29(2,24)25/h6,10,12-13,15,17,22,26H,2-5,7-9,11H2,1H3;7,10,12,14,16,21,25H,3-6,8-9,11H2,1-2H3;3,7,10-11,13,15,20,24-25H,4-6,8-9H2,1-2H3;5,8,10,12,14,19,23H,3-4,6-7,9H2,1-2H3/t12-,13?,15-,17+,20-;12-,14-,16+,19-;10-,11?,13-,15+,18-;10-,12-,14+,17-/m0000/s1. The number of aromatic nitrogens is 12. The number of halogens is 4. The van der Waals surface area contributed by atoms with Crippen molar-refractivity contribution in [1.29, 1.82) is 0 Å². The van der Waals surface area contributed by atoms with Gasteiger partial charge < -0.3 is 84.7 Å². The number of methoxy groups -OCH3 is 2. The summed E-state index contributed by atoms with van der Waals surface area (Å²) in [5.74, 6) is 0. The van der Waals surface area contributed by atoms with Crippen molar-refractivity contribution in [1.82, 2.24) is 81.2 Å². The average molecular weight is 1770 g/mol. The zero-order valence-corrected chi connectivity index (χ0v) is 72.1. The molecule has 632 valence electrons. The molecule has 0 bridgehead atoms. The monoisotopic (exact) mass is 1770 g/mol. The van der Waals surface area contributed by atoms with E-state index in [4.69, 9.17) is 88.5 Å². The van der Waals surface area contributed by atoms with Gasteiger partial charge in [0.05, 0.1) is 193 Å². The average Bonchev–Trinajstić information content (AvgIpc) is 1.64. The number of nitrogens with one attached hydrogen (secondary N) is 4. The SMILES string of the molecule is COCC(O)Cn1cc([C@@H]2C[C@]3(C[C@H](C)N2)OC[C@@H](O)c2cc(Cl)sc23)nn1.COCCOCCn1cc([C@@H]2C[C@]3(C[C@H](C)N2)OC[C@@H](O)c2cc(Cl)sc23)nn1.C[C@H]1C[C@@]2(C[C@@H](c3cn(CC4CCCCO4)nn3)N1)OC[C@@H](O)c1cc(Cl)sc12.C[C@H]1C[C@@]2(C[C@@H](c3cn(CCOS(C)(=O)=O)nn3)N1)OC[C@@H](O)c1cc(Cl)sc12. The Morgan fingerprint density at radius 1 is 0.504 bits per heavy atom. The summed E-state index contributed by atoms with van der Waals surface area (Å²) in [6.07, 6.45) is 15.1. The van der Waals surface area contributed by atoms with Crippen molar-refractivity contribution in [3.8, 4) is 0 Å². The van der Waals surface area contributed by atoms with E-state index in [2.05, 4.69) is 90.2 Å². The van der Waals surface area contributed by atoms with Gasteiger partial charge in [-0.05, 0) is 96.9 Å². The largest absolute Gasteiger partial charge is 0.389 e. The van der Waals surface area contributed by atoms with Crippen molar-refractivity contribution >= 4 is 102 Å².